The Labute approximate surface area is 150 Å². The molecule has 134 valence electrons. The Morgan fingerprint density at radius 3 is 2.46 bits per heavy atom. The number of hydrogen-bond acceptors (Lipinski definition) is 5. The van der Waals surface area contributed by atoms with E-state index in [4.69, 9.17) is 4.52 Å². The third-order valence-electron chi connectivity index (χ3n) is 4.34. The monoisotopic (exact) mass is 373 g/mol. The van der Waals surface area contributed by atoms with Gasteiger partial charge < -0.3 is 4.52 Å². The van der Waals surface area contributed by atoms with Crippen LogP contribution in [0.5, 0.6) is 0 Å². The van der Waals surface area contributed by atoms with Gasteiger partial charge in [0.2, 0.25) is 15.9 Å². The molecule has 2 aromatic carbocycles. The van der Waals surface area contributed by atoms with Gasteiger partial charge in [-0.1, -0.05) is 35.5 Å². The smallest absolute Gasteiger partial charge is 0.243 e. The summed E-state index contributed by atoms with van der Waals surface area (Å²) in [6.07, 6.45) is 0.564. The second-order valence-corrected chi connectivity index (χ2v) is 8.12. The van der Waals surface area contributed by atoms with E-state index in [1.807, 2.05) is 30.3 Å². The lowest BCUT2D eigenvalue weighted by Crippen LogP contribution is -2.48. The van der Waals surface area contributed by atoms with Crippen molar-refractivity contribution in [1.82, 2.24) is 14.4 Å². The van der Waals surface area contributed by atoms with Crippen molar-refractivity contribution in [1.29, 1.82) is 0 Å². The molecule has 0 aliphatic carbocycles. The predicted molar refractivity (Wildman–Crippen MR) is 91.4 cm³/mol. The third-order valence-corrected chi connectivity index (χ3v) is 6.18. The highest BCUT2D eigenvalue weighted by atomic mass is 32.2. The van der Waals surface area contributed by atoms with Crippen LogP contribution in [0.1, 0.15) is 23.2 Å². The van der Waals surface area contributed by atoms with E-state index in [0.717, 1.165) is 17.7 Å². The summed E-state index contributed by atoms with van der Waals surface area (Å²) >= 11 is 0. The molecule has 1 saturated heterocycles. The van der Waals surface area contributed by atoms with Gasteiger partial charge in [0.1, 0.15) is 5.82 Å². The third kappa shape index (κ3) is 3.25. The number of nitrogens with zero attached hydrogens (tertiary/aromatic N) is 3. The van der Waals surface area contributed by atoms with E-state index >= 15 is 0 Å². The van der Waals surface area contributed by atoms with Gasteiger partial charge in [0.15, 0.2) is 5.82 Å². The molecule has 0 bridgehead atoms. The number of hydrogen-bond donors (Lipinski definition) is 0. The van der Waals surface area contributed by atoms with Gasteiger partial charge in [0.25, 0.3) is 0 Å². The molecular weight excluding hydrogens is 357 g/mol. The molecule has 6 nitrogen and oxygen atoms in total. The predicted octanol–water partition coefficient (Wildman–Crippen LogP) is 2.59. The molecule has 1 aliphatic heterocycles. The average Bonchev–Trinajstić information content (AvgIpc) is 3.02. The molecule has 0 unspecified atom stereocenters. The van der Waals surface area contributed by atoms with Crippen LogP contribution in [0.2, 0.25) is 0 Å². The van der Waals surface area contributed by atoms with Gasteiger partial charge >= 0.3 is 0 Å². The zero-order chi connectivity index (χ0) is 18.1. The summed E-state index contributed by atoms with van der Waals surface area (Å²) in [7, 11) is -3.62. The lowest BCUT2D eigenvalue weighted by Gasteiger charge is -2.35. The van der Waals surface area contributed by atoms with Crippen molar-refractivity contribution in [2.45, 2.75) is 17.2 Å². The average molecular weight is 373 g/mol. The van der Waals surface area contributed by atoms with E-state index in [-0.39, 0.29) is 23.9 Å². The highest BCUT2D eigenvalue weighted by Gasteiger charge is 2.40. The molecular formula is C18H16FN3O3S. The van der Waals surface area contributed by atoms with Gasteiger partial charge in [0, 0.05) is 19.5 Å². The standard InChI is InChI=1S/C18H16FN3O3S/c19-15-6-8-16(9-7-15)26(23,24)22-11-14(12-22)18-20-17(21-25-18)10-13-4-2-1-3-5-13/h1-9,14H,10-12H2. The first-order valence-corrected chi connectivity index (χ1v) is 9.58. The summed E-state index contributed by atoms with van der Waals surface area (Å²) in [6, 6.07) is 14.6. The van der Waals surface area contributed by atoms with E-state index in [0.29, 0.717) is 18.1 Å². The molecule has 0 radical (unpaired) electrons. The number of benzene rings is 2. The van der Waals surface area contributed by atoms with E-state index in [9.17, 15) is 12.8 Å². The zero-order valence-electron chi connectivity index (χ0n) is 13.7. The van der Waals surface area contributed by atoms with E-state index in [1.165, 1.54) is 16.4 Å². The Kier molecular flexibility index (Phi) is 4.29. The molecule has 3 aromatic rings. The Morgan fingerprint density at radius 2 is 1.77 bits per heavy atom. The minimum atomic E-state index is -3.62. The van der Waals surface area contributed by atoms with Crippen LogP contribution >= 0.6 is 0 Å². The Balaban J connectivity index is 1.41. The van der Waals surface area contributed by atoms with Crippen molar-refractivity contribution in [3.8, 4) is 0 Å². The molecule has 0 saturated carbocycles. The van der Waals surface area contributed by atoms with Crippen molar-refractivity contribution in [3.63, 3.8) is 0 Å². The van der Waals surface area contributed by atoms with Crippen molar-refractivity contribution in [2.75, 3.05) is 13.1 Å². The summed E-state index contributed by atoms with van der Waals surface area (Å²) in [5.74, 6) is 0.428. The highest BCUT2D eigenvalue weighted by Crippen LogP contribution is 2.31. The van der Waals surface area contributed by atoms with Crippen LogP contribution in [-0.2, 0) is 16.4 Å². The lowest BCUT2D eigenvalue weighted by molar-refractivity contribution is 0.216. The second kappa shape index (κ2) is 6.62. The van der Waals surface area contributed by atoms with Crippen molar-refractivity contribution >= 4 is 10.0 Å². The minimum Gasteiger partial charge on any atom is -0.339 e. The van der Waals surface area contributed by atoms with Crippen molar-refractivity contribution < 1.29 is 17.3 Å². The Morgan fingerprint density at radius 1 is 1.08 bits per heavy atom. The molecule has 8 heteroatoms. The summed E-state index contributed by atoms with van der Waals surface area (Å²) in [6.45, 7) is 0.541. The SMILES string of the molecule is O=S(=O)(c1ccc(F)cc1)N1CC(c2nc(Cc3ccccc3)no2)C1. The maximum atomic E-state index is 13.0. The number of sulfonamides is 1. The summed E-state index contributed by atoms with van der Waals surface area (Å²) < 4.78 is 44.6. The Bertz CT molecular complexity index is 998. The van der Waals surface area contributed by atoms with Crippen LogP contribution in [0.25, 0.3) is 0 Å². The molecule has 0 spiro atoms. The first-order valence-electron chi connectivity index (χ1n) is 8.14. The zero-order valence-corrected chi connectivity index (χ0v) is 14.6. The summed E-state index contributed by atoms with van der Waals surface area (Å²) in [4.78, 5) is 4.46. The van der Waals surface area contributed by atoms with Gasteiger partial charge in [-0.2, -0.15) is 9.29 Å². The van der Waals surface area contributed by atoms with Crippen molar-refractivity contribution in [2.24, 2.45) is 0 Å². The fourth-order valence-electron chi connectivity index (χ4n) is 2.83. The van der Waals surface area contributed by atoms with Crippen molar-refractivity contribution in [3.05, 3.63) is 77.7 Å². The van der Waals surface area contributed by atoms with Crippen LogP contribution in [-0.4, -0.2) is 36.0 Å². The van der Waals surface area contributed by atoms with Gasteiger partial charge in [0.05, 0.1) is 10.8 Å². The normalized spacial score (nSPS) is 15.7. The fraction of sp³-hybridized carbons (Fsp3) is 0.222. The molecule has 0 N–H and O–H groups in total. The van der Waals surface area contributed by atoms with Crippen LogP contribution in [0.3, 0.4) is 0 Å². The number of halogens is 1. The van der Waals surface area contributed by atoms with Gasteiger partial charge in [-0.25, -0.2) is 12.8 Å². The van der Waals surface area contributed by atoms with Crippen LogP contribution in [0.15, 0.2) is 64.0 Å². The molecule has 1 aromatic heterocycles. The van der Waals surface area contributed by atoms with Gasteiger partial charge in [-0.3, -0.25) is 0 Å². The lowest BCUT2D eigenvalue weighted by atomic mass is 10.0. The molecule has 4 rings (SSSR count). The first kappa shape index (κ1) is 16.9. The number of aromatic nitrogens is 2. The minimum absolute atomic E-state index is 0.0765. The molecule has 1 aliphatic rings. The van der Waals surface area contributed by atoms with Crippen LogP contribution < -0.4 is 0 Å². The highest BCUT2D eigenvalue weighted by molar-refractivity contribution is 7.89. The second-order valence-electron chi connectivity index (χ2n) is 6.18. The molecule has 26 heavy (non-hydrogen) atoms. The maximum Gasteiger partial charge on any atom is 0.243 e. The van der Waals surface area contributed by atoms with Crippen LogP contribution in [0, 0.1) is 5.82 Å². The summed E-state index contributed by atoms with van der Waals surface area (Å²) in [5.41, 5.74) is 1.08. The maximum absolute atomic E-state index is 13.0. The fourth-order valence-corrected chi connectivity index (χ4v) is 4.36. The van der Waals surface area contributed by atoms with Gasteiger partial charge in [-0.05, 0) is 29.8 Å². The molecule has 0 atom stereocenters. The first-order chi connectivity index (χ1) is 12.5. The van der Waals surface area contributed by atoms with Gasteiger partial charge in [-0.15, -0.1) is 0 Å². The van der Waals surface area contributed by atoms with E-state index in [1.54, 1.807) is 0 Å². The largest absolute Gasteiger partial charge is 0.339 e. The Hall–Kier alpha value is -2.58. The quantitative estimate of drug-likeness (QED) is 0.687. The molecule has 1 fully saturated rings. The van der Waals surface area contributed by atoms with Crippen LogP contribution in [0.4, 0.5) is 4.39 Å². The topological polar surface area (TPSA) is 76.3 Å². The number of rotatable bonds is 5. The molecule has 0 amide bonds. The molecule has 2 heterocycles. The summed E-state index contributed by atoms with van der Waals surface area (Å²) in [5, 5.41) is 3.97. The van der Waals surface area contributed by atoms with E-state index < -0.39 is 15.8 Å². The van der Waals surface area contributed by atoms with E-state index in [2.05, 4.69) is 10.1 Å².